The number of hydrogen-bond acceptors (Lipinski definition) is 7. The van der Waals surface area contributed by atoms with E-state index in [9.17, 15) is 24.0 Å². The molecular weight excluding hydrogens is 576 g/mol. The Bertz CT molecular complexity index is 1210. The predicted molar refractivity (Wildman–Crippen MR) is 171 cm³/mol. The van der Waals surface area contributed by atoms with Crippen LogP contribution in [0.25, 0.3) is 0 Å². The lowest BCUT2D eigenvalue weighted by Crippen LogP contribution is -2.57. The van der Waals surface area contributed by atoms with Crippen molar-refractivity contribution >= 4 is 29.5 Å². The first kappa shape index (κ1) is 35.8. The number of rotatable bonds is 7. The summed E-state index contributed by atoms with van der Waals surface area (Å²) in [6.45, 7) is 13.7. The fraction of sp³-hybridized carbons (Fsp3) is 0.667. The number of nitrogens with zero attached hydrogens (tertiary/aromatic N) is 2. The first-order valence-corrected chi connectivity index (χ1v) is 16.2. The fourth-order valence-corrected chi connectivity index (χ4v) is 5.86. The highest BCUT2D eigenvalue weighted by molar-refractivity contribution is 6.01. The fourth-order valence-electron chi connectivity index (χ4n) is 5.86. The van der Waals surface area contributed by atoms with Gasteiger partial charge in [-0.2, -0.15) is 0 Å². The predicted octanol–water partition coefficient (Wildman–Crippen LogP) is 1.69. The van der Waals surface area contributed by atoms with Gasteiger partial charge in [-0.25, -0.2) is 0 Å². The Balaban J connectivity index is 1.97. The number of benzene rings is 1. The average molecular weight is 629 g/mol. The summed E-state index contributed by atoms with van der Waals surface area (Å²) in [7, 11) is 1.52. The van der Waals surface area contributed by atoms with E-state index >= 15 is 0 Å². The zero-order valence-corrected chi connectivity index (χ0v) is 27.9. The van der Waals surface area contributed by atoms with E-state index in [2.05, 4.69) is 33.1 Å². The SMILES string of the molecule is CCN1CCC[C@H]1CNC(=O)[C@@H]1CC(=O)N(C)[C@@H](CC(C)C)C(=O)N[C@H](C(C)C)C(=O)N[C@@H](C)COc2ccccc2C(=O)N1. The van der Waals surface area contributed by atoms with Gasteiger partial charge in [-0.3, -0.25) is 28.9 Å². The van der Waals surface area contributed by atoms with Gasteiger partial charge in [-0.1, -0.05) is 46.8 Å². The molecule has 0 aromatic heterocycles. The first-order chi connectivity index (χ1) is 21.3. The summed E-state index contributed by atoms with van der Waals surface area (Å²) in [6, 6.07) is 3.43. The quantitative estimate of drug-likeness (QED) is 0.359. The first-order valence-electron chi connectivity index (χ1n) is 16.2. The Morgan fingerprint density at radius 1 is 1.04 bits per heavy atom. The smallest absolute Gasteiger partial charge is 0.255 e. The maximum Gasteiger partial charge on any atom is 0.255 e. The van der Waals surface area contributed by atoms with Gasteiger partial charge in [0.05, 0.1) is 18.0 Å². The Morgan fingerprint density at radius 2 is 1.76 bits per heavy atom. The largest absolute Gasteiger partial charge is 0.491 e. The molecule has 12 nitrogen and oxygen atoms in total. The van der Waals surface area contributed by atoms with Gasteiger partial charge in [0.2, 0.25) is 23.6 Å². The zero-order valence-electron chi connectivity index (χ0n) is 27.9. The topological polar surface area (TPSA) is 149 Å². The molecular formula is C33H52N6O6. The Kier molecular flexibility index (Phi) is 13.2. The number of likely N-dealkylation sites (N-methyl/N-ethyl adjacent to an activating group) is 2. The number of nitrogens with one attached hydrogen (secondary N) is 4. The number of amides is 5. The lowest BCUT2D eigenvalue weighted by Gasteiger charge is -2.32. The number of ether oxygens (including phenoxy) is 1. The molecule has 5 atom stereocenters. The van der Waals surface area contributed by atoms with Gasteiger partial charge in [0.25, 0.3) is 5.91 Å². The van der Waals surface area contributed by atoms with E-state index in [1.54, 1.807) is 31.2 Å². The van der Waals surface area contributed by atoms with Crippen LogP contribution >= 0.6 is 0 Å². The zero-order chi connectivity index (χ0) is 33.3. The summed E-state index contributed by atoms with van der Waals surface area (Å²) >= 11 is 0. The van der Waals surface area contributed by atoms with Crippen LogP contribution in [0, 0.1) is 11.8 Å². The molecule has 0 aliphatic carbocycles. The highest BCUT2D eigenvalue weighted by Crippen LogP contribution is 2.20. The number of fused-ring (bicyclic) bond motifs is 1. The third-order valence-corrected chi connectivity index (χ3v) is 8.53. The molecule has 1 aromatic rings. The van der Waals surface area contributed by atoms with Crippen molar-refractivity contribution in [3.05, 3.63) is 29.8 Å². The van der Waals surface area contributed by atoms with E-state index < -0.39 is 47.8 Å². The van der Waals surface area contributed by atoms with Gasteiger partial charge in [0, 0.05) is 19.6 Å². The minimum atomic E-state index is -1.19. The minimum absolute atomic E-state index is 0.0526. The van der Waals surface area contributed by atoms with Crippen LogP contribution in [0.3, 0.4) is 0 Å². The Labute approximate surface area is 267 Å². The lowest BCUT2D eigenvalue weighted by molar-refractivity contribution is -0.142. The highest BCUT2D eigenvalue weighted by Gasteiger charge is 2.35. The van der Waals surface area contributed by atoms with Crippen LogP contribution in [0.15, 0.2) is 24.3 Å². The van der Waals surface area contributed by atoms with Crippen molar-refractivity contribution in [2.45, 2.75) is 97.4 Å². The maximum atomic E-state index is 13.8. The van der Waals surface area contributed by atoms with Crippen molar-refractivity contribution in [3.8, 4) is 5.75 Å². The lowest BCUT2D eigenvalue weighted by atomic mass is 9.98. The van der Waals surface area contributed by atoms with Gasteiger partial charge < -0.3 is 30.9 Å². The van der Waals surface area contributed by atoms with Crippen molar-refractivity contribution in [1.29, 1.82) is 0 Å². The van der Waals surface area contributed by atoms with E-state index in [0.29, 0.717) is 13.0 Å². The summed E-state index contributed by atoms with van der Waals surface area (Å²) in [5.41, 5.74) is 0.196. The molecule has 0 unspecified atom stereocenters. The van der Waals surface area contributed by atoms with E-state index in [4.69, 9.17) is 4.74 Å². The van der Waals surface area contributed by atoms with E-state index in [1.165, 1.54) is 11.9 Å². The third kappa shape index (κ3) is 9.91. The molecule has 0 radical (unpaired) electrons. The molecule has 1 fully saturated rings. The summed E-state index contributed by atoms with van der Waals surface area (Å²) in [6.07, 6.45) is 1.99. The van der Waals surface area contributed by atoms with Gasteiger partial charge in [0.15, 0.2) is 0 Å². The van der Waals surface area contributed by atoms with Gasteiger partial charge >= 0.3 is 0 Å². The normalized spacial score (nSPS) is 26.1. The van der Waals surface area contributed by atoms with Gasteiger partial charge in [0.1, 0.15) is 30.5 Å². The molecule has 4 N–H and O–H groups in total. The number of carbonyl (C=O) groups is 5. The van der Waals surface area contributed by atoms with Crippen LogP contribution in [0.4, 0.5) is 0 Å². The molecule has 250 valence electrons. The van der Waals surface area contributed by atoms with Crippen LogP contribution in [-0.4, -0.2) is 103 Å². The number of hydrogen-bond donors (Lipinski definition) is 4. The van der Waals surface area contributed by atoms with E-state index in [0.717, 1.165) is 25.9 Å². The minimum Gasteiger partial charge on any atom is -0.491 e. The van der Waals surface area contributed by atoms with Crippen molar-refractivity contribution in [3.63, 3.8) is 0 Å². The summed E-state index contributed by atoms with van der Waals surface area (Å²) < 4.78 is 5.95. The van der Waals surface area contributed by atoms with Crippen LogP contribution in [-0.2, 0) is 19.2 Å². The number of likely N-dealkylation sites (tertiary alicyclic amines) is 1. The average Bonchev–Trinajstić information content (AvgIpc) is 3.46. The Hall–Kier alpha value is -3.67. The van der Waals surface area contributed by atoms with Crippen molar-refractivity contribution in [2.75, 3.05) is 33.3 Å². The maximum absolute atomic E-state index is 13.8. The molecule has 0 bridgehead atoms. The number of carbonyl (C=O) groups excluding carboxylic acids is 5. The van der Waals surface area contributed by atoms with Gasteiger partial charge in [-0.05, 0) is 63.2 Å². The van der Waals surface area contributed by atoms with E-state index in [1.807, 2.05) is 27.7 Å². The molecule has 2 heterocycles. The second-order valence-corrected chi connectivity index (χ2v) is 13.0. The second-order valence-electron chi connectivity index (χ2n) is 13.0. The van der Waals surface area contributed by atoms with Crippen molar-refractivity contribution < 1.29 is 28.7 Å². The van der Waals surface area contributed by atoms with Crippen molar-refractivity contribution in [1.82, 2.24) is 31.1 Å². The molecule has 3 rings (SSSR count). The highest BCUT2D eigenvalue weighted by atomic mass is 16.5. The standard InChI is InChI=1S/C33H52N6O6/c1-8-39-15-11-12-23(39)18-34-31(42)25-17-28(40)38(7)26(16-20(2)3)32(43)37-29(21(4)5)33(44)35-22(6)19-45-27-14-10-9-13-24(27)30(41)36-25/h9-10,13-14,20-23,25-26,29H,8,11-12,15-19H2,1-7H3,(H,34,42)(H,35,44)(H,36,41)(H,37,43)/t22-,23-,25-,26-,29+/m0/s1. The Morgan fingerprint density at radius 3 is 2.42 bits per heavy atom. The molecule has 2 aliphatic heterocycles. The summed E-state index contributed by atoms with van der Waals surface area (Å²) in [5.74, 6) is -2.27. The van der Waals surface area contributed by atoms with Crippen LogP contribution in [0.5, 0.6) is 5.75 Å². The molecule has 45 heavy (non-hydrogen) atoms. The van der Waals surface area contributed by atoms with Crippen molar-refractivity contribution in [2.24, 2.45) is 11.8 Å². The summed E-state index contributed by atoms with van der Waals surface area (Å²) in [4.78, 5) is 71.5. The monoisotopic (exact) mass is 628 g/mol. The van der Waals surface area contributed by atoms with Crippen LogP contribution in [0.1, 0.15) is 77.6 Å². The molecule has 1 aromatic carbocycles. The molecule has 0 saturated carbocycles. The molecule has 12 heteroatoms. The molecule has 5 amide bonds. The van der Waals surface area contributed by atoms with Crippen LogP contribution in [0.2, 0.25) is 0 Å². The molecule has 2 aliphatic rings. The third-order valence-electron chi connectivity index (χ3n) is 8.53. The van der Waals surface area contributed by atoms with E-state index in [-0.39, 0.29) is 48.1 Å². The van der Waals surface area contributed by atoms with Crippen LogP contribution < -0.4 is 26.0 Å². The second kappa shape index (κ2) is 16.6. The van der Waals surface area contributed by atoms with Gasteiger partial charge in [-0.15, -0.1) is 0 Å². The molecule has 0 spiro atoms. The summed E-state index contributed by atoms with van der Waals surface area (Å²) in [5, 5.41) is 11.5. The molecule has 1 saturated heterocycles. The number of para-hydroxylation sites is 1.